The third-order valence-electron chi connectivity index (χ3n) is 0.702. The molecule has 1 rings (SSSR count). The van der Waals surface area contributed by atoms with Crippen LogP contribution in [0, 0.1) is 6.61 Å². The lowest BCUT2D eigenvalue weighted by molar-refractivity contribution is 0.254. The fourth-order valence-electron chi connectivity index (χ4n) is 0.417. The maximum Gasteiger partial charge on any atom is 0.227 e. The lowest BCUT2D eigenvalue weighted by atomic mass is 10.4. The van der Waals surface area contributed by atoms with E-state index in [1.54, 1.807) is 0 Å². The van der Waals surface area contributed by atoms with Crippen LogP contribution in [0.3, 0.4) is 0 Å². The maximum absolute atomic E-state index is 4.82. The lowest BCUT2D eigenvalue weighted by Crippen LogP contribution is -1.69. The topological polar surface area (TPSA) is 9.23 Å². The third-order valence-corrected chi connectivity index (χ3v) is 0.702. The van der Waals surface area contributed by atoms with E-state index in [4.69, 9.17) is 4.74 Å². The molecule has 0 bridgehead atoms. The number of ether oxygens (including phenoxy) is 1. The molecule has 0 aromatic carbocycles. The molecular weight excluding hydrogens is 64.0 g/mol. The van der Waals surface area contributed by atoms with Crippen molar-refractivity contribution in [2.75, 3.05) is 6.61 Å². The van der Waals surface area contributed by atoms with E-state index in [1.165, 1.54) is 6.42 Å². The summed E-state index contributed by atoms with van der Waals surface area (Å²) in [6.45, 7) is 2.81. The van der Waals surface area contributed by atoms with Gasteiger partial charge in [0.05, 0.1) is 0 Å². The van der Waals surface area contributed by atoms with Gasteiger partial charge in [0.15, 0.2) is 0 Å². The van der Waals surface area contributed by atoms with Gasteiger partial charge in [0.1, 0.15) is 13.0 Å². The second kappa shape index (κ2) is 1.31. The van der Waals surface area contributed by atoms with Crippen molar-refractivity contribution < 1.29 is 4.74 Å². The number of rotatable bonds is 0. The normalized spacial score (nSPS) is 22.4. The van der Waals surface area contributed by atoms with Crippen LogP contribution in [0.25, 0.3) is 0 Å². The second-order valence-corrected chi connectivity index (χ2v) is 1.18. The Hall–Kier alpha value is -0.170. The summed E-state index contributed by atoms with van der Waals surface area (Å²) in [5.74, 6) is 0. The molecule has 1 heterocycles. The first-order chi connectivity index (χ1) is 2.50. The molecule has 0 aromatic heterocycles. The van der Waals surface area contributed by atoms with Gasteiger partial charge in [-0.15, -0.1) is 0 Å². The van der Waals surface area contributed by atoms with Gasteiger partial charge in [0, 0.05) is 6.42 Å². The molecule has 1 fully saturated rings. The minimum absolute atomic E-state index is 0.944. The van der Waals surface area contributed by atoms with E-state index in [2.05, 4.69) is 0 Å². The molecule has 0 unspecified atom stereocenters. The van der Waals surface area contributed by atoms with Crippen molar-refractivity contribution in [1.29, 1.82) is 0 Å². The molecule has 0 spiro atoms. The fraction of sp³-hybridized carbons (Fsp3) is 0.750. The van der Waals surface area contributed by atoms with E-state index in [0.717, 1.165) is 13.0 Å². The molecule has 1 aliphatic rings. The zero-order valence-corrected chi connectivity index (χ0v) is 3.11. The summed E-state index contributed by atoms with van der Waals surface area (Å²) in [6.07, 6.45) is 2.38. The largest absolute Gasteiger partial charge is 0.227 e. The highest BCUT2D eigenvalue weighted by atomic mass is 16.5. The van der Waals surface area contributed by atoms with Crippen molar-refractivity contribution in [1.82, 2.24) is 0 Å². The molecule has 1 nitrogen and oxygen atoms in total. The zero-order chi connectivity index (χ0) is 3.54. The summed E-state index contributed by atoms with van der Waals surface area (Å²) in [4.78, 5) is 0. The van der Waals surface area contributed by atoms with Crippen LogP contribution >= 0.6 is 0 Å². The monoisotopic (exact) mass is 71.0 g/mol. The molecule has 0 radical (unpaired) electrons. The Kier molecular flexibility index (Phi) is 0.799. The quantitative estimate of drug-likeness (QED) is 0.386. The maximum atomic E-state index is 4.82. The average molecular weight is 71.1 g/mol. The highest BCUT2D eigenvalue weighted by Crippen LogP contribution is 2.03. The summed E-state index contributed by atoms with van der Waals surface area (Å²) in [5.41, 5.74) is 0. The van der Waals surface area contributed by atoms with Crippen LogP contribution in [0.4, 0.5) is 0 Å². The van der Waals surface area contributed by atoms with Crippen molar-refractivity contribution >= 4 is 0 Å². The molecule has 0 N–H and O–H groups in total. The molecule has 0 saturated carbocycles. The van der Waals surface area contributed by atoms with Gasteiger partial charge in [-0.2, -0.15) is 4.74 Å². The van der Waals surface area contributed by atoms with Gasteiger partial charge < -0.3 is 0 Å². The minimum atomic E-state index is 0.944. The number of hydrogen-bond acceptors (Lipinski definition) is 1. The van der Waals surface area contributed by atoms with E-state index in [0.29, 0.717) is 0 Å². The van der Waals surface area contributed by atoms with E-state index < -0.39 is 0 Å². The summed E-state index contributed by atoms with van der Waals surface area (Å²) in [7, 11) is 0. The molecule has 0 aromatic rings. The number of hydrogen-bond donors (Lipinski definition) is 0. The van der Waals surface area contributed by atoms with Gasteiger partial charge in [0.25, 0.3) is 0 Å². The Morgan fingerprint density at radius 1 is 1.60 bits per heavy atom. The molecule has 0 amide bonds. The Bertz CT molecular complexity index is 15.2. The van der Waals surface area contributed by atoms with Crippen LogP contribution in [0.5, 0.6) is 0 Å². The molecule has 28 valence electrons. The Balaban J connectivity index is 2.08. The Labute approximate surface area is 31.9 Å². The van der Waals surface area contributed by atoms with Crippen LogP contribution in [-0.4, -0.2) is 6.61 Å². The van der Waals surface area contributed by atoms with E-state index >= 15 is 0 Å². The summed E-state index contributed by atoms with van der Waals surface area (Å²) in [5, 5.41) is 0. The van der Waals surface area contributed by atoms with Crippen LogP contribution in [0.1, 0.15) is 12.8 Å². The van der Waals surface area contributed by atoms with Crippen molar-refractivity contribution in [2.45, 2.75) is 12.8 Å². The first-order valence-electron chi connectivity index (χ1n) is 1.93. The first kappa shape index (κ1) is 3.04. The highest BCUT2D eigenvalue weighted by molar-refractivity contribution is 4.57. The molecule has 5 heavy (non-hydrogen) atoms. The lowest BCUT2D eigenvalue weighted by Gasteiger charge is -1.63. The minimum Gasteiger partial charge on any atom is -0.196 e. The van der Waals surface area contributed by atoms with Crippen LogP contribution in [-0.2, 0) is 4.74 Å². The molecule has 1 saturated heterocycles. The van der Waals surface area contributed by atoms with Gasteiger partial charge in [0.2, 0.25) is 6.61 Å². The summed E-state index contributed by atoms with van der Waals surface area (Å²) >= 11 is 0. The van der Waals surface area contributed by atoms with Gasteiger partial charge >= 0.3 is 0 Å². The fourth-order valence-corrected chi connectivity index (χ4v) is 0.417. The second-order valence-electron chi connectivity index (χ2n) is 1.18. The molecule has 0 atom stereocenters. The van der Waals surface area contributed by atoms with E-state index in [1.807, 2.05) is 6.61 Å². The first-order valence-corrected chi connectivity index (χ1v) is 1.93. The van der Waals surface area contributed by atoms with Crippen LogP contribution in [0.2, 0.25) is 0 Å². The summed E-state index contributed by atoms with van der Waals surface area (Å²) in [6, 6.07) is 0. The molecule has 1 heteroatoms. The van der Waals surface area contributed by atoms with Crippen LogP contribution < -0.4 is 0 Å². The average Bonchev–Trinajstić information content (AvgIpc) is 1.76. The van der Waals surface area contributed by atoms with Crippen molar-refractivity contribution in [2.24, 2.45) is 0 Å². The summed E-state index contributed by atoms with van der Waals surface area (Å²) < 4.78 is 4.82. The SMILES string of the molecule is [CH+]1CCCO1. The predicted octanol–water partition coefficient (Wildman–Crippen LogP) is 0.959. The van der Waals surface area contributed by atoms with Crippen LogP contribution in [0.15, 0.2) is 0 Å². The van der Waals surface area contributed by atoms with Gasteiger partial charge in [-0.05, 0) is 0 Å². The van der Waals surface area contributed by atoms with Gasteiger partial charge in [-0.3, -0.25) is 0 Å². The third kappa shape index (κ3) is 0.550. The van der Waals surface area contributed by atoms with Crippen molar-refractivity contribution in [3.05, 3.63) is 6.61 Å². The Morgan fingerprint density at radius 3 is 2.80 bits per heavy atom. The zero-order valence-electron chi connectivity index (χ0n) is 3.11. The van der Waals surface area contributed by atoms with Crippen molar-refractivity contribution in [3.8, 4) is 0 Å². The molecular formula is C4H7O+. The smallest absolute Gasteiger partial charge is 0.196 e. The van der Waals surface area contributed by atoms with Gasteiger partial charge in [-0.1, -0.05) is 0 Å². The molecule has 1 aliphatic heterocycles. The predicted molar refractivity (Wildman–Crippen MR) is 19.5 cm³/mol. The van der Waals surface area contributed by atoms with E-state index in [9.17, 15) is 0 Å². The van der Waals surface area contributed by atoms with Gasteiger partial charge in [-0.25, -0.2) is 0 Å². The Morgan fingerprint density at radius 2 is 2.60 bits per heavy atom. The van der Waals surface area contributed by atoms with E-state index in [-0.39, 0.29) is 0 Å². The standard InChI is InChI=1S/C4H7O/c1-2-4-5-3-1/h3H,1-2,4H2/q+1. The molecule has 0 aliphatic carbocycles. The highest BCUT2D eigenvalue weighted by Gasteiger charge is 2.07. The van der Waals surface area contributed by atoms with Crippen molar-refractivity contribution in [3.63, 3.8) is 0 Å².